The molecule has 0 radical (unpaired) electrons. The highest BCUT2D eigenvalue weighted by Gasteiger charge is 2.35. The Morgan fingerprint density at radius 1 is 1.20 bits per heavy atom. The van der Waals surface area contributed by atoms with Crippen LogP contribution in [0.3, 0.4) is 0 Å². The quantitative estimate of drug-likeness (QED) is 0.796. The van der Waals surface area contributed by atoms with Gasteiger partial charge in [0.25, 0.3) is 0 Å². The van der Waals surface area contributed by atoms with Crippen molar-refractivity contribution in [1.29, 1.82) is 0 Å². The maximum absolute atomic E-state index is 12.7. The maximum atomic E-state index is 12.7. The lowest BCUT2D eigenvalue weighted by molar-refractivity contribution is -0.126. The van der Waals surface area contributed by atoms with Gasteiger partial charge in [-0.05, 0) is 43.9 Å². The number of hydrogen-bond donors (Lipinski definition) is 2. The van der Waals surface area contributed by atoms with E-state index >= 15 is 0 Å². The second kappa shape index (κ2) is 7.44. The highest BCUT2D eigenvalue weighted by atomic mass is 16.2. The summed E-state index contributed by atoms with van der Waals surface area (Å²) in [6, 6.07) is 6.11. The molecule has 112 valence electrons. The summed E-state index contributed by atoms with van der Waals surface area (Å²) in [4.78, 5) is 12.7. The van der Waals surface area contributed by atoms with Crippen LogP contribution in [-0.4, -0.2) is 12.5 Å². The molecule has 0 atom stereocenters. The van der Waals surface area contributed by atoms with Crippen molar-refractivity contribution < 1.29 is 4.79 Å². The van der Waals surface area contributed by atoms with E-state index in [1.54, 1.807) is 0 Å². The average Bonchev–Trinajstić information content (AvgIpc) is 2.42. The van der Waals surface area contributed by atoms with Gasteiger partial charge < -0.3 is 11.1 Å². The molecule has 0 aliphatic carbocycles. The van der Waals surface area contributed by atoms with E-state index in [0.29, 0.717) is 6.54 Å². The number of aryl methyl sites for hydroxylation is 2. The lowest BCUT2D eigenvalue weighted by Crippen LogP contribution is -2.42. The van der Waals surface area contributed by atoms with Crippen molar-refractivity contribution in [2.75, 3.05) is 11.9 Å². The third kappa shape index (κ3) is 3.83. The number of rotatable bonds is 7. The van der Waals surface area contributed by atoms with Crippen molar-refractivity contribution in [3.63, 3.8) is 0 Å². The predicted molar refractivity (Wildman–Crippen MR) is 85.8 cm³/mol. The zero-order valence-corrected chi connectivity index (χ0v) is 13.3. The van der Waals surface area contributed by atoms with Crippen LogP contribution >= 0.6 is 0 Å². The molecule has 0 aliphatic rings. The molecule has 3 N–H and O–H groups in total. The lowest BCUT2D eigenvalue weighted by atomic mass is 9.78. The zero-order valence-electron chi connectivity index (χ0n) is 13.3. The van der Waals surface area contributed by atoms with E-state index in [2.05, 4.69) is 25.2 Å². The van der Waals surface area contributed by atoms with Gasteiger partial charge in [-0.25, -0.2) is 0 Å². The van der Waals surface area contributed by atoms with Gasteiger partial charge in [0.15, 0.2) is 0 Å². The van der Waals surface area contributed by atoms with E-state index in [0.717, 1.165) is 42.5 Å². The number of nitrogens with two attached hydrogens (primary N) is 1. The first-order chi connectivity index (χ1) is 9.49. The molecule has 1 aromatic carbocycles. The standard InChI is InChI=1S/C17H28N2O/c1-5-9-17(12-18,10-6-2)16(20)19-15-11-13(3)7-8-14(15)4/h7-8,11H,5-6,9-10,12,18H2,1-4H3,(H,19,20). The van der Waals surface area contributed by atoms with Crippen molar-refractivity contribution >= 4 is 11.6 Å². The predicted octanol–water partition coefficient (Wildman–Crippen LogP) is 3.79. The SMILES string of the molecule is CCCC(CN)(CCC)C(=O)Nc1cc(C)ccc1C. The van der Waals surface area contributed by atoms with Crippen LogP contribution in [0.25, 0.3) is 0 Å². The molecule has 3 heteroatoms. The average molecular weight is 276 g/mol. The Hall–Kier alpha value is -1.35. The molecule has 0 saturated heterocycles. The van der Waals surface area contributed by atoms with Gasteiger partial charge in [0.1, 0.15) is 0 Å². The van der Waals surface area contributed by atoms with Crippen LogP contribution in [0.5, 0.6) is 0 Å². The van der Waals surface area contributed by atoms with Gasteiger partial charge in [0.2, 0.25) is 5.91 Å². The van der Waals surface area contributed by atoms with Gasteiger partial charge >= 0.3 is 0 Å². The fourth-order valence-electron chi connectivity index (χ4n) is 2.73. The summed E-state index contributed by atoms with van der Waals surface area (Å²) in [6.07, 6.45) is 3.62. The van der Waals surface area contributed by atoms with Crippen molar-refractivity contribution in [3.05, 3.63) is 29.3 Å². The normalized spacial score (nSPS) is 11.4. The lowest BCUT2D eigenvalue weighted by Gasteiger charge is -2.31. The minimum atomic E-state index is -0.431. The molecular weight excluding hydrogens is 248 g/mol. The van der Waals surface area contributed by atoms with Crippen LogP contribution in [0, 0.1) is 19.3 Å². The van der Waals surface area contributed by atoms with E-state index < -0.39 is 5.41 Å². The van der Waals surface area contributed by atoms with Crippen LogP contribution in [0.2, 0.25) is 0 Å². The molecule has 0 saturated carbocycles. The van der Waals surface area contributed by atoms with Gasteiger partial charge in [0, 0.05) is 12.2 Å². The van der Waals surface area contributed by atoms with E-state index in [1.807, 2.05) is 26.0 Å². The Bertz CT molecular complexity index is 448. The summed E-state index contributed by atoms with van der Waals surface area (Å²) in [5.74, 6) is 0.0670. The Morgan fingerprint density at radius 2 is 1.80 bits per heavy atom. The molecule has 0 aromatic heterocycles. The summed E-state index contributed by atoms with van der Waals surface area (Å²) in [7, 11) is 0. The first-order valence-corrected chi connectivity index (χ1v) is 7.58. The molecule has 0 fully saturated rings. The van der Waals surface area contributed by atoms with Crippen LogP contribution in [0.1, 0.15) is 50.7 Å². The Balaban J connectivity index is 2.98. The zero-order chi connectivity index (χ0) is 15.2. The first kappa shape index (κ1) is 16.7. The molecule has 1 aromatic rings. The summed E-state index contributed by atoms with van der Waals surface area (Å²) in [5.41, 5.74) is 8.65. The smallest absolute Gasteiger partial charge is 0.231 e. The fourth-order valence-corrected chi connectivity index (χ4v) is 2.73. The fraction of sp³-hybridized carbons (Fsp3) is 0.588. The summed E-state index contributed by atoms with van der Waals surface area (Å²) in [6.45, 7) is 8.66. The number of carbonyl (C=O) groups is 1. The molecule has 1 amide bonds. The summed E-state index contributed by atoms with van der Waals surface area (Å²) < 4.78 is 0. The Morgan fingerprint density at radius 3 is 2.30 bits per heavy atom. The van der Waals surface area contributed by atoms with Crippen molar-refractivity contribution in [3.8, 4) is 0 Å². The molecule has 0 unspecified atom stereocenters. The van der Waals surface area contributed by atoms with Gasteiger partial charge in [0.05, 0.1) is 5.41 Å². The van der Waals surface area contributed by atoms with E-state index in [1.165, 1.54) is 0 Å². The van der Waals surface area contributed by atoms with E-state index in [4.69, 9.17) is 5.73 Å². The van der Waals surface area contributed by atoms with Crippen molar-refractivity contribution in [2.24, 2.45) is 11.1 Å². The largest absolute Gasteiger partial charge is 0.329 e. The third-order valence-electron chi connectivity index (χ3n) is 3.97. The third-order valence-corrected chi connectivity index (χ3v) is 3.97. The van der Waals surface area contributed by atoms with Crippen LogP contribution in [-0.2, 0) is 4.79 Å². The Labute approximate surface area is 122 Å². The minimum Gasteiger partial charge on any atom is -0.329 e. The molecule has 0 heterocycles. The highest BCUT2D eigenvalue weighted by Crippen LogP contribution is 2.31. The summed E-state index contributed by atoms with van der Waals surface area (Å²) >= 11 is 0. The first-order valence-electron chi connectivity index (χ1n) is 7.58. The number of benzene rings is 1. The molecule has 0 spiro atoms. The van der Waals surface area contributed by atoms with Gasteiger partial charge in [-0.15, -0.1) is 0 Å². The highest BCUT2D eigenvalue weighted by molar-refractivity contribution is 5.96. The number of hydrogen-bond acceptors (Lipinski definition) is 2. The minimum absolute atomic E-state index is 0.0670. The van der Waals surface area contributed by atoms with Gasteiger partial charge in [-0.2, -0.15) is 0 Å². The molecule has 3 nitrogen and oxygen atoms in total. The molecule has 0 aliphatic heterocycles. The van der Waals surface area contributed by atoms with Gasteiger partial charge in [-0.1, -0.05) is 38.8 Å². The molecule has 0 bridgehead atoms. The van der Waals surface area contributed by atoms with E-state index in [-0.39, 0.29) is 5.91 Å². The van der Waals surface area contributed by atoms with Gasteiger partial charge in [-0.3, -0.25) is 4.79 Å². The number of carbonyl (C=O) groups excluding carboxylic acids is 1. The molecular formula is C17H28N2O. The molecule has 20 heavy (non-hydrogen) atoms. The number of amides is 1. The van der Waals surface area contributed by atoms with Crippen LogP contribution in [0.4, 0.5) is 5.69 Å². The van der Waals surface area contributed by atoms with Crippen LogP contribution in [0.15, 0.2) is 18.2 Å². The number of nitrogens with one attached hydrogen (secondary N) is 1. The molecule has 1 rings (SSSR count). The van der Waals surface area contributed by atoms with E-state index in [9.17, 15) is 4.79 Å². The van der Waals surface area contributed by atoms with Crippen molar-refractivity contribution in [1.82, 2.24) is 0 Å². The maximum Gasteiger partial charge on any atom is 0.231 e. The Kier molecular flexibility index (Phi) is 6.21. The second-order valence-electron chi connectivity index (χ2n) is 5.76. The van der Waals surface area contributed by atoms with Crippen molar-refractivity contribution in [2.45, 2.75) is 53.4 Å². The van der Waals surface area contributed by atoms with Crippen LogP contribution < -0.4 is 11.1 Å². The monoisotopic (exact) mass is 276 g/mol. The topological polar surface area (TPSA) is 55.1 Å². The summed E-state index contributed by atoms with van der Waals surface area (Å²) in [5, 5.41) is 3.09. The number of anilines is 1. The second-order valence-corrected chi connectivity index (χ2v) is 5.76.